The molecule has 0 fully saturated rings. The van der Waals surface area contributed by atoms with Crippen LogP contribution in [0.5, 0.6) is 0 Å². The fraction of sp³-hybridized carbons (Fsp3) is 0.500. The third-order valence-corrected chi connectivity index (χ3v) is 0.508. The van der Waals surface area contributed by atoms with Gasteiger partial charge in [-0.25, -0.2) is 4.79 Å². The summed E-state index contributed by atoms with van der Waals surface area (Å²) in [4.78, 5) is 10.3. The number of rotatable bonds is 1. The lowest BCUT2D eigenvalue weighted by Crippen LogP contribution is -2.22. The fourth-order valence-electron chi connectivity index (χ4n) is 0.0781. The Balaban J connectivity index is 3.73. The number of hydrogen-bond donors (Lipinski definition) is 2. The van der Waals surface area contributed by atoms with Gasteiger partial charge in [-0.15, -0.1) is 0 Å². The number of carbonyl (C=O) groups is 1. The van der Waals surface area contributed by atoms with E-state index >= 15 is 0 Å². The summed E-state index contributed by atoms with van der Waals surface area (Å²) in [6.45, 7) is 0. The van der Waals surface area contributed by atoms with Gasteiger partial charge in [0.2, 0.25) is 0 Å². The maximum Gasteiger partial charge on any atom is 0.322 e. The van der Waals surface area contributed by atoms with Gasteiger partial charge in [0, 0.05) is 6.26 Å². The van der Waals surface area contributed by atoms with Crippen molar-refractivity contribution in [2.45, 2.75) is 0 Å². The number of hydrogen-bond acceptors (Lipinski definition) is 2. The molecule has 6 heavy (non-hydrogen) atoms. The summed E-state index contributed by atoms with van der Waals surface area (Å²) in [6.07, 6.45) is 1.51. The summed E-state index contributed by atoms with van der Waals surface area (Å²) >= 11 is 0.830. The molecule has 0 aliphatic carbocycles. The van der Waals surface area contributed by atoms with Crippen molar-refractivity contribution in [2.24, 2.45) is 5.72 Å². The van der Waals surface area contributed by atoms with Gasteiger partial charge >= 0.3 is 6.03 Å². The second kappa shape index (κ2) is 2.84. The number of carbonyl (C=O) groups excluding carboxylic acids is 1. The Morgan fingerprint density at radius 2 is 3.17 bits per heavy atom. The normalized spacial score (nSPS) is 13.8. The number of primary amides is 1. The third kappa shape index (κ3) is 3.62. The molecule has 0 bridgehead atoms. The molecule has 2 amide bonds. The molecule has 0 aromatic heterocycles. The van der Waals surface area contributed by atoms with E-state index in [0.717, 1.165) is 11.9 Å². The van der Waals surface area contributed by atoms with Crippen molar-refractivity contribution in [1.29, 1.82) is 0 Å². The Labute approximate surface area is 44.8 Å². The van der Waals surface area contributed by atoms with Gasteiger partial charge in [-0.3, -0.25) is 4.72 Å². The van der Waals surface area contributed by atoms with Crippen LogP contribution in [-0.4, -0.2) is 12.3 Å². The molecule has 0 rings (SSSR count). The monoisotopic (exact) mass is 109 g/mol. The van der Waals surface area contributed by atoms with Gasteiger partial charge in [0.05, 0.1) is 0 Å². The highest BCUT2D eigenvalue weighted by Gasteiger charge is 1.80. The first-order chi connectivity index (χ1) is 4.09. The van der Waals surface area contributed by atoms with Crippen LogP contribution in [0.25, 0.3) is 0 Å². The Bertz CT molecular complexity index is 110. The van der Waals surface area contributed by atoms with Crippen molar-refractivity contribution < 1.29 is 9.03 Å². The third-order valence-electron chi connectivity index (χ3n) is 0.169. The molecule has 36 valence electrons. The molecule has 0 saturated carbocycles. The molecule has 3 N–H and O–H groups in total. The fourth-order valence-corrected chi connectivity index (χ4v) is 0.234. The van der Waals surface area contributed by atoms with Crippen LogP contribution in [0.2, 0.25) is 4.24 Å². The average molecular weight is 109 g/mol. The van der Waals surface area contributed by atoms with Crippen LogP contribution >= 0.6 is 11.9 Å². The van der Waals surface area contributed by atoms with Gasteiger partial charge in [0.15, 0.2) is 4.24 Å². The largest absolute Gasteiger partial charge is 0.351 e. The summed E-state index contributed by atoms with van der Waals surface area (Å²) in [7, 11) is 0. The van der Waals surface area contributed by atoms with E-state index in [0.29, 0.717) is 4.72 Å². The van der Waals surface area contributed by atoms with E-state index in [9.17, 15) is 4.79 Å². The number of amides is 2. The van der Waals surface area contributed by atoms with Crippen LogP contribution in [0.1, 0.15) is 0 Å². The minimum Gasteiger partial charge on any atom is -0.351 e. The van der Waals surface area contributed by atoms with Gasteiger partial charge < -0.3 is 5.72 Å². The molecule has 0 aromatic rings. The summed E-state index contributed by atoms with van der Waals surface area (Å²) in [6, 6.07) is -0.984. The standard InChI is InChI=1S/C2H6N2OS/c1-6-4-2(3)5/h1H3,(H3,3,4,5)/i/hD3. The van der Waals surface area contributed by atoms with E-state index in [1.54, 1.807) is 0 Å². The molecule has 4 heteroatoms. The summed E-state index contributed by atoms with van der Waals surface area (Å²) < 4.78 is 20.0. The molecular formula is C2H6N2OS. The van der Waals surface area contributed by atoms with Gasteiger partial charge in [-0.2, -0.15) is 0 Å². The second-order valence-electron chi connectivity index (χ2n) is 0.556. The average Bonchev–Trinajstić information content (AvgIpc) is 1.84. The molecule has 0 aromatic carbocycles. The van der Waals surface area contributed by atoms with Crippen molar-refractivity contribution >= 4 is 18.0 Å². The summed E-state index contributed by atoms with van der Waals surface area (Å²) in [5.41, 5.74) is -0.149. The number of urea groups is 1. The Morgan fingerprint density at radius 3 is 3.33 bits per heavy atom. The first kappa shape index (κ1) is 2.07. The predicted molar refractivity (Wildman–Crippen MR) is 26.2 cm³/mol. The van der Waals surface area contributed by atoms with Crippen molar-refractivity contribution in [3.8, 4) is 0 Å². The van der Waals surface area contributed by atoms with Crippen molar-refractivity contribution in [3.63, 3.8) is 0 Å². The quantitative estimate of drug-likeness (QED) is 0.463. The molecule has 0 spiro atoms. The van der Waals surface area contributed by atoms with Crippen LogP contribution in [0.3, 0.4) is 0 Å². The van der Waals surface area contributed by atoms with Crippen LogP contribution < -0.4 is 10.4 Å². The second-order valence-corrected chi connectivity index (χ2v) is 1.10. The van der Waals surface area contributed by atoms with Gasteiger partial charge in [-0.1, -0.05) is 11.9 Å². The number of nitrogens with two attached hydrogens (primary N) is 1. The predicted octanol–water partition coefficient (Wildman–Crippen LogP) is -0.0673. The molecule has 0 atom stereocenters. The zero-order chi connectivity index (χ0) is 7.44. The van der Waals surface area contributed by atoms with Gasteiger partial charge in [-0.05, 0) is 0 Å². The van der Waals surface area contributed by atoms with Gasteiger partial charge in [0.25, 0.3) is 0 Å². The molecule has 0 radical (unpaired) electrons. The first-order valence-corrected chi connectivity index (χ1v) is 2.42. The van der Waals surface area contributed by atoms with E-state index in [1.165, 1.54) is 6.26 Å². The molecular weight excluding hydrogens is 100 g/mol. The van der Waals surface area contributed by atoms with Crippen molar-refractivity contribution in [3.05, 3.63) is 0 Å². The molecule has 3 nitrogen and oxygen atoms in total. The maximum absolute atomic E-state index is 10.3. The zero-order valence-corrected chi connectivity index (χ0v) is 4.03. The smallest absolute Gasteiger partial charge is 0.322 e. The Kier molecular flexibility index (Phi) is 0.977. The van der Waals surface area contributed by atoms with E-state index < -0.39 is 6.03 Å². The van der Waals surface area contributed by atoms with E-state index in [-0.39, 0.29) is 5.72 Å². The van der Waals surface area contributed by atoms with E-state index in [2.05, 4.69) is 0 Å². The minimum atomic E-state index is -0.984. The van der Waals surface area contributed by atoms with Crippen LogP contribution in [0.15, 0.2) is 0 Å². The molecule has 0 heterocycles. The van der Waals surface area contributed by atoms with Crippen LogP contribution in [0.4, 0.5) is 4.79 Å². The van der Waals surface area contributed by atoms with Gasteiger partial charge in [0.1, 0.15) is 0 Å². The maximum atomic E-state index is 10.3. The number of nitrogens with one attached hydrogen (secondary N) is 1. The lowest BCUT2D eigenvalue weighted by molar-refractivity contribution is 0.254. The van der Waals surface area contributed by atoms with E-state index in [1.807, 2.05) is 0 Å². The minimum absolute atomic E-state index is 0.149. The molecule has 0 unspecified atom stereocenters. The lowest BCUT2D eigenvalue weighted by atomic mass is 11.2. The van der Waals surface area contributed by atoms with Crippen LogP contribution in [0, 0.1) is 0 Å². The van der Waals surface area contributed by atoms with Crippen molar-refractivity contribution in [2.75, 3.05) is 6.26 Å². The molecule has 0 aliphatic rings. The Hall–Kier alpha value is -0.380. The summed E-state index contributed by atoms with van der Waals surface area (Å²) in [5, 5.41) is 0. The first-order valence-electron chi connectivity index (χ1n) is 2.58. The van der Waals surface area contributed by atoms with Crippen LogP contribution in [-0.2, 0) is 0 Å². The van der Waals surface area contributed by atoms with Crippen molar-refractivity contribution in [1.82, 2.24) is 4.72 Å². The van der Waals surface area contributed by atoms with E-state index in [4.69, 9.17) is 4.24 Å². The molecule has 0 aliphatic heterocycles. The highest BCUT2D eigenvalue weighted by molar-refractivity contribution is 7.97. The Morgan fingerprint density at radius 1 is 2.50 bits per heavy atom. The summed E-state index contributed by atoms with van der Waals surface area (Å²) in [5.74, 6) is 0. The SMILES string of the molecule is [2H]N([2H])C(=O)N([2H])SC. The lowest BCUT2D eigenvalue weighted by Gasteiger charge is -1.87. The topological polar surface area (TPSA) is 55.1 Å². The highest BCUT2D eigenvalue weighted by atomic mass is 32.2. The highest BCUT2D eigenvalue weighted by Crippen LogP contribution is 1.76. The molecule has 0 saturated heterocycles. The zero-order valence-electron chi connectivity index (χ0n) is 6.21.